The molecule has 0 saturated heterocycles. The second kappa shape index (κ2) is 4.84. The van der Waals surface area contributed by atoms with Crippen LogP contribution in [0.5, 0.6) is 0 Å². The molecule has 0 bridgehead atoms. The van der Waals surface area contributed by atoms with E-state index in [1.165, 1.54) is 38.6 Å². The fourth-order valence-corrected chi connectivity index (χ4v) is 3.20. The van der Waals surface area contributed by atoms with Crippen molar-refractivity contribution in [1.82, 2.24) is 4.90 Å². The number of rotatable bonds is 6. The Morgan fingerprint density at radius 2 is 2.13 bits per heavy atom. The summed E-state index contributed by atoms with van der Waals surface area (Å²) < 4.78 is 0. The lowest BCUT2D eigenvalue weighted by atomic mass is 9.70. The van der Waals surface area contributed by atoms with Gasteiger partial charge in [-0.15, -0.1) is 0 Å². The molecule has 0 heterocycles. The summed E-state index contributed by atoms with van der Waals surface area (Å²) >= 11 is 3.66. The summed E-state index contributed by atoms with van der Waals surface area (Å²) in [5.41, 5.74) is 0.540. The largest absolute Gasteiger partial charge is 0.299 e. The van der Waals surface area contributed by atoms with Crippen LogP contribution in [-0.4, -0.2) is 29.4 Å². The van der Waals surface area contributed by atoms with Gasteiger partial charge in [0.1, 0.15) is 0 Å². The highest BCUT2D eigenvalue weighted by atomic mass is 79.9. The molecule has 0 aromatic rings. The van der Waals surface area contributed by atoms with Gasteiger partial charge in [0.2, 0.25) is 0 Å². The molecular weight excluding hydrogens is 252 g/mol. The van der Waals surface area contributed by atoms with Crippen LogP contribution < -0.4 is 0 Å². The smallest absolute Gasteiger partial charge is 0.0635 e. The van der Waals surface area contributed by atoms with Crippen LogP contribution >= 0.6 is 15.9 Å². The Bertz CT molecular complexity index is 245. The zero-order chi connectivity index (χ0) is 10.7. The van der Waals surface area contributed by atoms with Crippen LogP contribution in [-0.2, 0) is 0 Å². The molecule has 2 aliphatic rings. The van der Waals surface area contributed by atoms with Crippen LogP contribution in [0.4, 0.5) is 0 Å². The van der Waals surface area contributed by atoms with Gasteiger partial charge in [-0.3, -0.25) is 4.90 Å². The first kappa shape index (κ1) is 11.4. The van der Waals surface area contributed by atoms with Crippen molar-refractivity contribution < 1.29 is 0 Å². The molecular formula is C12H19BrN2. The molecule has 2 aliphatic carbocycles. The van der Waals surface area contributed by atoms with Gasteiger partial charge in [-0.05, 0) is 31.1 Å². The van der Waals surface area contributed by atoms with E-state index in [1.807, 2.05) is 0 Å². The molecule has 15 heavy (non-hydrogen) atoms. The van der Waals surface area contributed by atoms with Crippen molar-refractivity contribution in [3.05, 3.63) is 0 Å². The fourth-order valence-electron chi connectivity index (χ4n) is 2.47. The molecule has 2 fully saturated rings. The number of hydrogen-bond donors (Lipinski definition) is 0. The van der Waals surface area contributed by atoms with Crippen molar-refractivity contribution >= 4 is 15.9 Å². The molecule has 0 aromatic heterocycles. The van der Waals surface area contributed by atoms with Gasteiger partial charge in [-0.25, -0.2) is 0 Å². The number of nitriles is 1. The van der Waals surface area contributed by atoms with Crippen molar-refractivity contribution in [2.45, 2.75) is 44.6 Å². The van der Waals surface area contributed by atoms with Crippen LogP contribution in [0.1, 0.15) is 38.5 Å². The van der Waals surface area contributed by atoms with E-state index in [0.717, 1.165) is 17.9 Å². The van der Waals surface area contributed by atoms with E-state index < -0.39 is 0 Å². The zero-order valence-electron chi connectivity index (χ0n) is 9.21. The first-order valence-electron chi connectivity index (χ1n) is 5.97. The van der Waals surface area contributed by atoms with Crippen LogP contribution in [0.25, 0.3) is 0 Å². The number of alkyl halides is 1. The second-order valence-corrected chi connectivity index (χ2v) is 5.66. The Balaban J connectivity index is 1.85. The van der Waals surface area contributed by atoms with Crippen molar-refractivity contribution in [3.8, 4) is 6.07 Å². The first-order chi connectivity index (χ1) is 7.29. The maximum absolute atomic E-state index is 8.66. The van der Waals surface area contributed by atoms with Gasteiger partial charge in [0.15, 0.2) is 0 Å². The third-order valence-corrected chi connectivity index (χ3v) is 5.00. The first-order valence-corrected chi connectivity index (χ1v) is 7.09. The topological polar surface area (TPSA) is 27.0 Å². The third kappa shape index (κ3) is 2.73. The van der Waals surface area contributed by atoms with Gasteiger partial charge < -0.3 is 0 Å². The third-order valence-electron chi connectivity index (χ3n) is 3.81. The highest BCUT2D eigenvalue weighted by Crippen LogP contribution is 2.44. The Hall–Kier alpha value is -0.0700. The van der Waals surface area contributed by atoms with Crippen molar-refractivity contribution in [2.24, 2.45) is 5.41 Å². The normalized spacial score (nSPS) is 23.5. The Morgan fingerprint density at radius 1 is 1.40 bits per heavy atom. The summed E-state index contributed by atoms with van der Waals surface area (Å²) in [6, 6.07) is 3.07. The zero-order valence-corrected chi connectivity index (χ0v) is 10.8. The second-order valence-electron chi connectivity index (χ2n) is 5.10. The maximum atomic E-state index is 8.66. The molecule has 0 amide bonds. The highest BCUT2D eigenvalue weighted by molar-refractivity contribution is 9.09. The summed E-state index contributed by atoms with van der Waals surface area (Å²) in [4.78, 5) is 2.56. The monoisotopic (exact) mass is 270 g/mol. The minimum Gasteiger partial charge on any atom is -0.299 e. The van der Waals surface area contributed by atoms with E-state index in [2.05, 4.69) is 26.9 Å². The average Bonchev–Trinajstić information content (AvgIpc) is 3.00. The molecule has 0 atom stereocenters. The van der Waals surface area contributed by atoms with Crippen LogP contribution in [0.2, 0.25) is 0 Å². The van der Waals surface area contributed by atoms with E-state index >= 15 is 0 Å². The minimum atomic E-state index is 0.540. The molecule has 0 aliphatic heterocycles. The molecule has 2 rings (SSSR count). The van der Waals surface area contributed by atoms with Crippen molar-refractivity contribution in [2.75, 3.05) is 18.4 Å². The highest BCUT2D eigenvalue weighted by Gasteiger charge is 2.40. The quantitative estimate of drug-likeness (QED) is 0.694. The molecule has 0 aromatic carbocycles. The van der Waals surface area contributed by atoms with Gasteiger partial charge in [-0.2, -0.15) is 5.26 Å². The summed E-state index contributed by atoms with van der Waals surface area (Å²) in [6.45, 7) is 2.19. The lowest BCUT2D eigenvalue weighted by Gasteiger charge is -2.44. The standard InChI is InChI=1S/C12H19BrN2/c13-9-12(5-1-6-12)10-15(8-2-7-14)11-3-4-11/h11H,1-6,8-10H2. The van der Waals surface area contributed by atoms with E-state index in [-0.39, 0.29) is 0 Å². The summed E-state index contributed by atoms with van der Waals surface area (Å²) in [6.07, 6.45) is 7.52. The molecule has 0 unspecified atom stereocenters. The van der Waals surface area contributed by atoms with Gasteiger partial charge >= 0.3 is 0 Å². The van der Waals surface area contributed by atoms with E-state index in [9.17, 15) is 0 Å². The Labute approximate surface area is 101 Å². The number of hydrogen-bond acceptors (Lipinski definition) is 2. The van der Waals surface area contributed by atoms with Crippen LogP contribution in [0.3, 0.4) is 0 Å². The SMILES string of the molecule is N#CCCN(CC1(CBr)CCC1)C1CC1. The molecule has 2 saturated carbocycles. The molecule has 0 N–H and O–H groups in total. The molecule has 3 heteroatoms. The molecule has 84 valence electrons. The van der Waals surface area contributed by atoms with E-state index in [1.54, 1.807) is 0 Å². The Morgan fingerprint density at radius 3 is 2.53 bits per heavy atom. The summed E-state index contributed by atoms with van der Waals surface area (Å²) in [5.74, 6) is 0. The van der Waals surface area contributed by atoms with E-state index in [4.69, 9.17) is 5.26 Å². The van der Waals surface area contributed by atoms with Crippen LogP contribution in [0, 0.1) is 16.7 Å². The van der Waals surface area contributed by atoms with Crippen LogP contribution in [0.15, 0.2) is 0 Å². The predicted octanol–water partition coefficient (Wildman–Crippen LogP) is 2.93. The maximum Gasteiger partial charge on any atom is 0.0635 e. The van der Waals surface area contributed by atoms with Crippen molar-refractivity contribution in [3.63, 3.8) is 0 Å². The lowest BCUT2D eigenvalue weighted by molar-refractivity contribution is 0.0877. The average molecular weight is 271 g/mol. The predicted molar refractivity (Wildman–Crippen MR) is 64.9 cm³/mol. The number of halogens is 1. The van der Waals surface area contributed by atoms with E-state index in [0.29, 0.717) is 11.8 Å². The molecule has 2 nitrogen and oxygen atoms in total. The molecule has 0 spiro atoms. The summed E-state index contributed by atoms with van der Waals surface area (Å²) in [5, 5.41) is 9.79. The lowest BCUT2D eigenvalue weighted by Crippen LogP contribution is -2.44. The van der Waals surface area contributed by atoms with Gasteiger partial charge in [0, 0.05) is 30.9 Å². The Kier molecular flexibility index (Phi) is 3.69. The number of nitrogens with zero attached hydrogens (tertiary/aromatic N) is 2. The van der Waals surface area contributed by atoms with Gasteiger partial charge in [-0.1, -0.05) is 22.4 Å². The van der Waals surface area contributed by atoms with Gasteiger partial charge in [0.05, 0.1) is 6.07 Å². The molecule has 0 radical (unpaired) electrons. The van der Waals surface area contributed by atoms with Gasteiger partial charge in [0.25, 0.3) is 0 Å². The minimum absolute atomic E-state index is 0.540. The van der Waals surface area contributed by atoms with Crippen molar-refractivity contribution in [1.29, 1.82) is 5.26 Å². The summed E-state index contributed by atoms with van der Waals surface area (Å²) in [7, 11) is 0. The fraction of sp³-hybridized carbons (Fsp3) is 0.917.